The van der Waals surface area contributed by atoms with Crippen molar-refractivity contribution in [1.82, 2.24) is 0 Å². The van der Waals surface area contributed by atoms with Crippen molar-refractivity contribution in [2.45, 2.75) is 45.4 Å². The van der Waals surface area contributed by atoms with Gasteiger partial charge in [0.25, 0.3) is 0 Å². The second-order valence-corrected chi connectivity index (χ2v) is 6.76. The summed E-state index contributed by atoms with van der Waals surface area (Å²) in [7, 11) is 1.36. The highest BCUT2D eigenvalue weighted by molar-refractivity contribution is 6.11. The lowest BCUT2D eigenvalue weighted by atomic mass is 9.69. The Kier molecular flexibility index (Phi) is 5.55. The molecule has 1 aromatic rings. The van der Waals surface area contributed by atoms with E-state index in [1.165, 1.54) is 7.11 Å². The summed E-state index contributed by atoms with van der Waals surface area (Å²) < 4.78 is 11.0. The van der Waals surface area contributed by atoms with Gasteiger partial charge in [-0.15, -0.1) is 0 Å². The Balaban J connectivity index is 2.16. The van der Waals surface area contributed by atoms with Crippen LogP contribution in [0.5, 0.6) is 5.75 Å². The first-order valence-electron chi connectivity index (χ1n) is 9.19. The Hall–Kier alpha value is -2.43. The molecule has 0 spiro atoms. The zero-order valence-corrected chi connectivity index (χ0v) is 15.6. The summed E-state index contributed by atoms with van der Waals surface area (Å²) in [5, 5.41) is 0. The lowest BCUT2D eigenvalue weighted by Crippen LogP contribution is -2.39. The summed E-state index contributed by atoms with van der Waals surface area (Å²) in [5.41, 5.74) is 2.83. The molecular weight excluding hydrogens is 330 g/mol. The van der Waals surface area contributed by atoms with E-state index in [2.05, 4.69) is 4.99 Å². The monoisotopic (exact) mass is 355 g/mol. The molecule has 5 heteroatoms. The maximum atomic E-state index is 12.8. The smallest absolute Gasteiger partial charge is 0.336 e. The summed E-state index contributed by atoms with van der Waals surface area (Å²) >= 11 is 0. The normalized spacial score (nSPS) is 22.6. The first kappa shape index (κ1) is 18.4. The molecule has 1 aliphatic carbocycles. The van der Waals surface area contributed by atoms with Crippen LogP contribution in [0.15, 0.2) is 40.5 Å². The van der Waals surface area contributed by atoms with Gasteiger partial charge in [-0.2, -0.15) is 0 Å². The van der Waals surface area contributed by atoms with Gasteiger partial charge in [-0.3, -0.25) is 9.79 Å². The average molecular weight is 355 g/mol. The minimum atomic E-state index is -0.432. The third-order valence-corrected chi connectivity index (χ3v) is 5.03. The number of carbonyl (C=O) groups excluding carboxylic acids is 2. The predicted octanol–water partition coefficient (Wildman–Crippen LogP) is 3.83. The van der Waals surface area contributed by atoms with E-state index < -0.39 is 17.8 Å². The number of esters is 1. The number of nitrogens with zero attached hydrogens (tertiary/aromatic N) is 1. The lowest BCUT2D eigenvalue weighted by molar-refractivity contribution is -0.136. The van der Waals surface area contributed by atoms with Gasteiger partial charge in [0.2, 0.25) is 0 Å². The number of para-hydroxylation sites is 1. The van der Waals surface area contributed by atoms with E-state index >= 15 is 0 Å². The van der Waals surface area contributed by atoms with Crippen LogP contribution in [0.25, 0.3) is 0 Å². The average Bonchev–Trinajstić information content (AvgIpc) is 2.65. The van der Waals surface area contributed by atoms with E-state index in [4.69, 9.17) is 9.47 Å². The highest BCUT2D eigenvalue weighted by atomic mass is 16.5. The van der Waals surface area contributed by atoms with E-state index in [-0.39, 0.29) is 5.78 Å². The maximum absolute atomic E-state index is 12.8. The van der Waals surface area contributed by atoms with Crippen LogP contribution in [-0.2, 0) is 14.3 Å². The number of fused-ring (bicyclic) bond motifs is 1. The van der Waals surface area contributed by atoms with Gasteiger partial charge >= 0.3 is 5.97 Å². The van der Waals surface area contributed by atoms with Crippen LogP contribution < -0.4 is 4.74 Å². The molecule has 26 heavy (non-hydrogen) atoms. The fourth-order valence-corrected chi connectivity index (χ4v) is 3.91. The minimum absolute atomic E-state index is 0.138. The number of hydrogen-bond acceptors (Lipinski definition) is 5. The van der Waals surface area contributed by atoms with Crippen molar-refractivity contribution < 1.29 is 19.1 Å². The number of benzene rings is 1. The number of ether oxygens (including phenoxy) is 2. The number of Topliss-reactive ketones (excluding diaryl/α,β-unsaturated/α-hetero) is 1. The zero-order valence-electron chi connectivity index (χ0n) is 15.6. The van der Waals surface area contributed by atoms with E-state index in [0.717, 1.165) is 30.5 Å². The molecule has 1 unspecified atom stereocenters. The molecule has 2 atom stereocenters. The minimum Gasteiger partial charge on any atom is -0.493 e. The second-order valence-electron chi connectivity index (χ2n) is 6.76. The first-order valence-corrected chi connectivity index (χ1v) is 9.19. The van der Waals surface area contributed by atoms with Crippen molar-refractivity contribution in [2.75, 3.05) is 13.7 Å². The summed E-state index contributed by atoms with van der Waals surface area (Å²) in [6.07, 6.45) is 3.00. The standard InChI is InChI=1S/C21H25NO4/c1-4-12-26-17-11-6-5-8-14(17)19-18(21(24)25-3)13(2)22-15-9-7-10-16(23)20(15)19/h5-6,8,11,19-20H,4,7,9-10,12H2,1-3H3/t19-,20?/m1/s1. The Morgan fingerprint density at radius 1 is 1.23 bits per heavy atom. The third-order valence-electron chi connectivity index (χ3n) is 5.03. The van der Waals surface area contributed by atoms with E-state index in [9.17, 15) is 9.59 Å². The molecule has 3 rings (SSSR count). The van der Waals surface area contributed by atoms with Gasteiger partial charge in [0, 0.05) is 29.3 Å². The van der Waals surface area contributed by atoms with Crippen LogP contribution in [0.3, 0.4) is 0 Å². The SMILES string of the molecule is CCCOc1ccccc1[C@@H]1C(C(=O)OC)=C(C)N=C2CCCC(=O)C21. The number of aliphatic imine (C=N–C) groups is 1. The summed E-state index contributed by atoms with van der Waals surface area (Å²) in [6.45, 7) is 4.44. The molecule has 138 valence electrons. The quantitative estimate of drug-likeness (QED) is 0.753. The number of hydrogen-bond donors (Lipinski definition) is 0. The van der Waals surface area contributed by atoms with Crippen molar-refractivity contribution in [3.63, 3.8) is 0 Å². The van der Waals surface area contributed by atoms with Crippen LogP contribution in [-0.4, -0.2) is 31.2 Å². The van der Waals surface area contributed by atoms with Crippen LogP contribution in [0.1, 0.15) is 51.0 Å². The zero-order chi connectivity index (χ0) is 18.7. The van der Waals surface area contributed by atoms with Gasteiger partial charge in [0.1, 0.15) is 11.5 Å². The molecule has 0 bridgehead atoms. The van der Waals surface area contributed by atoms with E-state index in [1.54, 1.807) is 0 Å². The Morgan fingerprint density at radius 3 is 2.73 bits per heavy atom. The molecule has 0 N–H and O–H groups in total. The van der Waals surface area contributed by atoms with Crippen LogP contribution in [0.2, 0.25) is 0 Å². The summed E-state index contributed by atoms with van der Waals surface area (Å²) in [5.74, 6) is -0.393. The molecule has 0 amide bonds. The number of ketones is 1. The molecule has 1 saturated carbocycles. The van der Waals surface area contributed by atoms with Gasteiger partial charge < -0.3 is 9.47 Å². The molecular formula is C21H25NO4. The molecule has 5 nitrogen and oxygen atoms in total. The van der Waals surface area contributed by atoms with Gasteiger partial charge in [-0.25, -0.2) is 4.79 Å². The van der Waals surface area contributed by atoms with E-state index in [1.807, 2.05) is 38.1 Å². The maximum Gasteiger partial charge on any atom is 0.336 e. The molecule has 1 heterocycles. The van der Waals surface area contributed by atoms with Gasteiger partial charge in [0.05, 0.1) is 25.2 Å². The number of rotatable bonds is 5. The fourth-order valence-electron chi connectivity index (χ4n) is 3.91. The highest BCUT2D eigenvalue weighted by Crippen LogP contribution is 2.45. The van der Waals surface area contributed by atoms with Crippen LogP contribution >= 0.6 is 0 Å². The molecule has 1 aromatic carbocycles. The van der Waals surface area contributed by atoms with Crippen molar-refractivity contribution in [3.05, 3.63) is 41.1 Å². The van der Waals surface area contributed by atoms with Gasteiger partial charge in [-0.1, -0.05) is 25.1 Å². The Labute approximate surface area is 154 Å². The second kappa shape index (κ2) is 7.85. The van der Waals surface area contributed by atoms with Crippen LogP contribution in [0, 0.1) is 5.92 Å². The molecule has 1 fully saturated rings. The Bertz CT molecular complexity index is 778. The van der Waals surface area contributed by atoms with Crippen molar-refractivity contribution in [1.29, 1.82) is 0 Å². The van der Waals surface area contributed by atoms with Crippen LogP contribution in [0.4, 0.5) is 0 Å². The fraction of sp³-hybridized carbons (Fsp3) is 0.476. The topological polar surface area (TPSA) is 65.0 Å². The molecule has 2 aliphatic rings. The van der Waals surface area contributed by atoms with Crippen molar-refractivity contribution in [2.24, 2.45) is 10.9 Å². The highest BCUT2D eigenvalue weighted by Gasteiger charge is 2.44. The van der Waals surface area contributed by atoms with Gasteiger partial charge in [0.15, 0.2) is 0 Å². The lowest BCUT2D eigenvalue weighted by Gasteiger charge is -2.36. The van der Waals surface area contributed by atoms with E-state index in [0.29, 0.717) is 30.0 Å². The Morgan fingerprint density at radius 2 is 2.00 bits per heavy atom. The first-order chi connectivity index (χ1) is 12.6. The van der Waals surface area contributed by atoms with Crippen molar-refractivity contribution >= 4 is 17.5 Å². The molecule has 1 aliphatic heterocycles. The number of allylic oxidation sites excluding steroid dienone is 1. The number of methoxy groups -OCH3 is 1. The molecule has 0 saturated heterocycles. The largest absolute Gasteiger partial charge is 0.493 e. The number of carbonyl (C=O) groups is 2. The molecule has 0 radical (unpaired) electrons. The van der Waals surface area contributed by atoms with Gasteiger partial charge in [-0.05, 0) is 32.3 Å². The summed E-state index contributed by atoms with van der Waals surface area (Å²) in [6, 6.07) is 7.66. The summed E-state index contributed by atoms with van der Waals surface area (Å²) in [4.78, 5) is 30.0. The third kappa shape index (κ3) is 3.30. The molecule has 0 aromatic heterocycles. The predicted molar refractivity (Wildman–Crippen MR) is 99.5 cm³/mol. The van der Waals surface area contributed by atoms with Crippen molar-refractivity contribution in [3.8, 4) is 5.75 Å².